The lowest BCUT2D eigenvalue weighted by Gasteiger charge is -2.04. The molecule has 2 aromatic heterocycles. The Balaban J connectivity index is 2.56. The Morgan fingerprint density at radius 2 is 2.18 bits per heavy atom. The van der Waals surface area contributed by atoms with E-state index in [1.807, 2.05) is 18.2 Å². The predicted molar refractivity (Wildman–Crippen MR) is 68.1 cm³/mol. The Bertz CT molecular complexity index is 635. The fraction of sp³-hybridized carbons (Fsp3) is 0.143. The van der Waals surface area contributed by atoms with Crippen LogP contribution in [0.3, 0.4) is 0 Å². The molecular weight excluding hydrogens is 212 g/mol. The number of nitrogens with zero attached hydrogens (tertiary/aromatic N) is 2. The lowest BCUT2D eigenvalue weighted by atomic mass is 10.2. The standard InChI is InChI=1S/C14H12N2O/c1-4-5-12-6-7-13-14(16-12)8-11(9-15-13)10(2)17-3/h6-9H,2H2,1,3H3. The summed E-state index contributed by atoms with van der Waals surface area (Å²) in [6.07, 6.45) is 1.72. The third kappa shape index (κ3) is 2.26. The van der Waals surface area contributed by atoms with Gasteiger partial charge >= 0.3 is 0 Å². The van der Waals surface area contributed by atoms with Gasteiger partial charge in [0, 0.05) is 11.8 Å². The van der Waals surface area contributed by atoms with Gasteiger partial charge in [-0.15, -0.1) is 0 Å². The first-order valence-corrected chi connectivity index (χ1v) is 5.17. The monoisotopic (exact) mass is 224 g/mol. The van der Waals surface area contributed by atoms with E-state index in [0.717, 1.165) is 22.3 Å². The Morgan fingerprint density at radius 3 is 2.88 bits per heavy atom. The predicted octanol–water partition coefficient (Wildman–Crippen LogP) is 2.62. The molecule has 17 heavy (non-hydrogen) atoms. The minimum absolute atomic E-state index is 0.577. The van der Waals surface area contributed by atoms with Gasteiger partial charge in [-0.3, -0.25) is 4.98 Å². The van der Waals surface area contributed by atoms with E-state index in [0.29, 0.717) is 5.76 Å². The zero-order valence-electron chi connectivity index (χ0n) is 9.82. The van der Waals surface area contributed by atoms with Crippen LogP contribution < -0.4 is 0 Å². The summed E-state index contributed by atoms with van der Waals surface area (Å²) in [5, 5.41) is 0. The van der Waals surface area contributed by atoms with E-state index < -0.39 is 0 Å². The van der Waals surface area contributed by atoms with Crippen molar-refractivity contribution >= 4 is 16.8 Å². The summed E-state index contributed by atoms with van der Waals surface area (Å²) in [5.74, 6) is 6.32. The number of aromatic nitrogens is 2. The molecular formula is C14H12N2O. The molecule has 0 aliphatic rings. The van der Waals surface area contributed by atoms with Crippen molar-refractivity contribution in [3.8, 4) is 11.8 Å². The highest BCUT2D eigenvalue weighted by molar-refractivity contribution is 5.78. The highest BCUT2D eigenvalue weighted by Gasteiger charge is 2.03. The first kappa shape index (κ1) is 11.2. The van der Waals surface area contributed by atoms with Crippen molar-refractivity contribution in [3.63, 3.8) is 0 Å². The number of rotatable bonds is 2. The van der Waals surface area contributed by atoms with Crippen LogP contribution in [0, 0.1) is 11.8 Å². The van der Waals surface area contributed by atoms with Crippen molar-refractivity contribution < 1.29 is 4.74 Å². The van der Waals surface area contributed by atoms with Gasteiger partial charge in [0.25, 0.3) is 0 Å². The van der Waals surface area contributed by atoms with Gasteiger partial charge in [0.05, 0.1) is 18.1 Å². The third-order valence-electron chi connectivity index (χ3n) is 2.36. The molecule has 0 N–H and O–H groups in total. The molecule has 2 rings (SSSR count). The molecule has 0 spiro atoms. The van der Waals surface area contributed by atoms with Gasteiger partial charge < -0.3 is 4.74 Å². The van der Waals surface area contributed by atoms with E-state index >= 15 is 0 Å². The second-order valence-corrected chi connectivity index (χ2v) is 3.46. The Labute approximate surface area is 100 Å². The smallest absolute Gasteiger partial charge is 0.120 e. The van der Waals surface area contributed by atoms with Crippen molar-refractivity contribution in [2.75, 3.05) is 7.11 Å². The summed E-state index contributed by atoms with van der Waals surface area (Å²) in [6, 6.07) is 5.66. The molecule has 0 bridgehead atoms. The maximum absolute atomic E-state index is 5.07. The van der Waals surface area contributed by atoms with Crippen LogP contribution in [0.5, 0.6) is 0 Å². The van der Waals surface area contributed by atoms with E-state index in [1.165, 1.54) is 0 Å². The van der Waals surface area contributed by atoms with Crippen LogP contribution in [0.4, 0.5) is 0 Å². The number of pyridine rings is 2. The summed E-state index contributed by atoms with van der Waals surface area (Å²) in [5.41, 5.74) is 3.19. The summed E-state index contributed by atoms with van der Waals surface area (Å²) >= 11 is 0. The zero-order valence-corrected chi connectivity index (χ0v) is 9.82. The van der Waals surface area contributed by atoms with E-state index in [9.17, 15) is 0 Å². The van der Waals surface area contributed by atoms with Crippen LogP contribution in [0.1, 0.15) is 18.2 Å². The molecule has 0 saturated heterocycles. The van der Waals surface area contributed by atoms with Crippen molar-refractivity contribution in [2.24, 2.45) is 0 Å². The van der Waals surface area contributed by atoms with Gasteiger partial charge in [0.15, 0.2) is 0 Å². The highest BCUT2D eigenvalue weighted by Crippen LogP contribution is 2.17. The molecule has 0 aliphatic heterocycles. The molecule has 0 saturated carbocycles. The van der Waals surface area contributed by atoms with Gasteiger partial charge in [0.1, 0.15) is 11.5 Å². The van der Waals surface area contributed by atoms with Crippen LogP contribution in [-0.4, -0.2) is 17.1 Å². The maximum Gasteiger partial charge on any atom is 0.120 e. The van der Waals surface area contributed by atoms with E-state index in [4.69, 9.17) is 4.74 Å². The van der Waals surface area contributed by atoms with Crippen molar-refractivity contribution in [1.29, 1.82) is 0 Å². The molecule has 2 aromatic rings. The molecule has 3 nitrogen and oxygen atoms in total. The molecule has 0 aromatic carbocycles. The van der Waals surface area contributed by atoms with Crippen LogP contribution >= 0.6 is 0 Å². The number of fused-ring (bicyclic) bond motifs is 1. The van der Waals surface area contributed by atoms with Gasteiger partial charge in [-0.25, -0.2) is 4.98 Å². The third-order valence-corrected chi connectivity index (χ3v) is 2.36. The largest absolute Gasteiger partial charge is 0.497 e. The van der Waals surface area contributed by atoms with E-state index in [1.54, 1.807) is 20.2 Å². The first-order valence-electron chi connectivity index (χ1n) is 5.17. The van der Waals surface area contributed by atoms with Gasteiger partial charge in [-0.05, 0) is 31.0 Å². The van der Waals surface area contributed by atoms with Crippen molar-refractivity contribution in [3.05, 3.63) is 42.2 Å². The summed E-state index contributed by atoms with van der Waals surface area (Å²) in [6.45, 7) is 5.58. The second-order valence-electron chi connectivity index (χ2n) is 3.46. The zero-order chi connectivity index (χ0) is 12.3. The van der Waals surface area contributed by atoms with Crippen LogP contribution in [0.15, 0.2) is 31.0 Å². The van der Waals surface area contributed by atoms with Crippen LogP contribution in [0.2, 0.25) is 0 Å². The number of methoxy groups -OCH3 is 1. The molecule has 3 heteroatoms. The molecule has 0 aliphatic carbocycles. The van der Waals surface area contributed by atoms with Crippen LogP contribution in [-0.2, 0) is 4.74 Å². The molecule has 0 atom stereocenters. The quantitative estimate of drug-likeness (QED) is 0.581. The van der Waals surface area contributed by atoms with Gasteiger partial charge in [-0.2, -0.15) is 0 Å². The Kier molecular flexibility index (Phi) is 3.06. The van der Waals surface area contributed by atoms with Crippen LogP contribution in [0.25, 0.3) is 16.8 Å². The number of hydrogen-bond donors (Lipinski definition) is 0. The van der Waals surface area contributed by atoms with Crippen molar-refractivity contribution in [1.82, 2.24) is 9.97 Å². The van der Waals surface area contributed by atoms with E-state index in [-0.39, 0.29) is 0 Å². The SMILES string of the molecule is C=C(OC)c1cnc2ccc(C#CC)nc2c1. The lowest BCUT2D eigenvalue weighted by Crippen LogP contribution is -1.91. The Morgan fingerprint density at radius 1 is 1.35 bits per heavy atom. The average Bonchev–Trinajstić information content (AvgIpc) is 2.37. The minimum Gasteiger partial charge on any atom is -0.497 e. The highest BCUT2D eigenvalue weighted by atomic mass is 16.5. The Hall–Kier alpha value is -2.34. The lowest BCUT2D eigenvalue weighted by molar-refractivity contribution is 0.371. The van der Waals surface area contributed by atoms with E-state index in [2.05, 4.69) is 28.4 Å². The molecule has 0 unspecified atom stereocenters. The maximum atomic E-state index is 5.07. The summed E-state index contributed by atoms with van der Waals surface area (Å²) in [7, 11) is 1.58. The molecule has 84 valence electrons. The first-order chi connectivity index (χ1) is 8.24. The fourth-order valence-electron chi connectivity index (χ4n) is 1.47. The van der Waals surface area contributed by atoms with Crippen molar-refractivity contribution in [2.45, 2.75) is 6.92 Å². The normalized spacial score (nSPS) is 9.53. The molecule has 0 fully saturated rings. The van der Waals surface area contributed by atoms with Gasteiger partial charge in [-0.1, -0.05) is 12.5 Å². The minimum atomic E-state index is 0.577. The summed E-state index contributed by atoms with van der Waals surface area (Å²) < 4.78 is 5.07. The molecule has 0 radical (unpaired) electrons. The fourth-order valence-corrected chi connectivity index (χ4v) is 1.47. The summed E-state index contributed by atoms with van der Waals surface area (Å²) in [4.78, 5) is 8.71. The van der Waals surface area contributed by atoms with Gasteiger partial charge in [0.2, 0.25) is 0 Å². The number of hydrogen-bond acceptors (Lipinski definition) is 3. The molecule has 0 amide bonds. The molecule has 2 heterocycles. The topological polar surface area (TPSA) is 35.0 Å². The second kappa shape index (κ2) is 4.67. The average molecular weight is 224 g/mol. The number of ether oxygens (including phenoxy) is 1.